The van der Waals surface area contributed by atoms with Gasteiger partial charge in [0.1, 0.15) is 5.78 Å². The fourth-order valence-corrected chi connectivity index (χ4v) is 2.55. The first-order valence-corrected chi connectivity index (χ1v) is 5.95. The molecule has 1 aliphatic rings. The van der Waals surface area contributed by atoms with Crippen molar-refractivity contribution in [3.63, 3.8) is 0 Å². The van der Waals surface area contributed by atoms with Crippen LogP contribution >= 0.6 is 0 Å². The molecule has 17 heavy (non-hydrogen) atoms. The van der Waals surface area contributed by atoms with Gasteiger partial charge in [-0.15, -0.1) is 0 Å². The summed E-state index contributed by atoms with van der Waals surface area (Å²) >= 11 is 0. The molecule has 2 rings (SSSR count). The van der Waals surface area contributed by atoms with Crippen molar-refractivity contribution in [1.29, 1.82) is 0 Å². The van der Waals surface area contributed by atoms with Gasteiger partial charge in [0.2, 0.25) is 0 Å². The van der Waals surface area contributed by atoms with E-state index < -0.39 is 5.97 Å². The summed E-state index contributed by atoms with van der Waals surface area (Å²) in [5, 5.41) is 9.16. The molecular weight excluding hydrogens is 216 g/mol. The Balaban J connectivity index is 2.10. The number of aliphatic carboxylic acids is 1. The molecular formula is C14H16O3. The molecule has 1 fully saturated rings. The Kier molecular flexibility index (Phi) is 3.57. The average molecular weight is 232 g/mol. The zero-order chi connectivity index (χ0) is 12.3. The number of ketones is 1. The molecule has 0 radical (unpaired) electrons. The average Bonchev–Trinajstić information content (AvgIpc) is 2.30. The van der Waals surface area contributed by atoms with Gasteiger partial charge in [-0.1, -0.05) is 30.3 Å². The number of carbonyl (C=O) groups excluding carboxylic acids is 1. The molecule has 1 aromatic rings. The number of rotatable bonds is 3. The molecule has 3 nitrogen and oxygen atoms in total. The highest BCUT2D eigenvalue weighted by atomic mass is 16.4. The van der Waals surface area contributed by atoms with Crippen LogP contribution in [-0.4, -0.2) is 16.9 Å². The number of hydrogen-bond donors (Lipinski definition) is 1. The molecule has 90 valence electrons. The Bertz CT molecular complexity index is 411. The van der Waals surface area contributed by atoms with Gasteiger partial charge in [-0.05, 0) is 24.3 Å². The number of hydrogen-bond acceptors (Lipinski definition) is 2. The number of Topliss-reactive ketones (excluding diaryl/α,β-unsaturated/α-hetero) is 1. The largest absolute Gasteiger partial charge is 0.481 e. The van der Waals surface area contributed by atoms with Crippen molar-refractivity contribution >= 4 is 11.8 Å². The predicted octanol–water partition coefficient (Wildman–Crippen LogP) is 2.30. The van der Waals surface area contributed by atoms with E-state index in [9.17, 15) is 9.59 Å². The maximum absolute atomic E-state index is 11.4. The molecule has 0 spiro atoms. The lowest BCUT2D eigenvalue weighted by Gasteiger charge is -2.27. The van der Waals surface area contributed by atoms with Crippen LogP contribution in [0.2, 0.25) is 0 Å². The number of carbonyl (C=O) groups is 2. The van der Waals surface area contributed by atoms with E-state index in [2.05, 4.69) is 0 Å². The van der Waals surface area contributed by atoms with Gasteiger partial charge in [0, 0.05) is 12.8 Å². The highest BCUT2D eigenvalue weighted by Crippen LogP contribution is 2.31. The Morgan fingerprint density at radius 2 is 2.00 bits per heavy atom. The molecule has 1 aliphatic carbocycles. The summed E-state index contributed by atoms with van der Waals surface area (Å²) in [5.74, 6) is -0.981. The fraction of sp³-hybridized carbons (Fsp3) is 0.429. The monoisotopic (exact) mass is 232 g/mol. The third kappa shape index (κ3) is 2.93. The molecule has 0 saturated heterocycles. The zero-order valence-electron chi connectivity index (χ0n) is 9.63. The fourth-order valence-electron chi connectivity index (χ4n) is 2.55. The molecule has 2 atom stereocenters. The second-order valence-electron chi connectivity index (χ2n) is 4.68. The van der Waals surface area contributed by atoms with Crippen LogP contribution in [-0.2, 0) is 16.0 Å². The van der Waals surface area contributed by atoms with Crippen molar-refractivity contribution < 1.29 is 14.7 Å². The van der Waals surface area contributed by atoms with Crippen LogP contribution in [0.25, 0.3) is 0 Å². The molecule has 1 N–H and O–H groups in total. The van der Waals surface area contributed by atoms with E-state index in [1.165, 1.54) is 0 Å². The molecule has 0 aromatic heterocycles. The second-order valence-corrected chi connectivity index (χ2v) is 4.68. The third-order valence-electron chi connectivity index (χ3n) is 3.45. The minimum absolute atomic E-state index is 0.0452. The summed E-state index contributed by atoms with van der Waals surface area (Å²) < 4.78 is 0. The van der Waals surface area contributed by atoms with Gasteiger partial charge in [0.25, 0.3) is 0 Å². The van der Waals surface area contributed by atoms with Crippen LogP contribution in [0.3, 0.4) is 0 Å². The SMILES string of the molecule is O=C1CC[C@H](C(=O)O)[C@H](Cc2ccccc2)C1. The zero-order valence-corrected chi connectivity index (χ0v) is 9.63. The first kappa shape index (κ1) is 11.8. The van der Waals surface area contributed by atoms with Crippen molar-refractivity contribution in [3.8, 4) is 0 Å². The van der Waals surface area contributed by atoms with Crippen molar-refractivity contribution in [1.82, 2.24) is 0 Å². The number of carboxylic acids is 1. The van der Waals surface area contributed by atoms with Gasteiger partial charge in [-0.25, -0.2) is 0 Å². The maximum atomic E-state index is 11.4. The lowest BCUT2D eigenvalue weighted by Crippen LogP contribution is -2.32. The number of carboxylic acid groups (broad SMARTS) is 1. The van der Waals surface area contributed by atoms with E-state index in [0.29, 0.717) is 25.7 Å². The van der Waals surface area contributed by atoms with Crippen molar-refractivity contribution in [2.24, 2.45) is 11.8 Å². The van der Waals surface area contributed by atoms with Crippen LogP contribution < -0.4 is 0 Å². The van der Waals surface area contributed by atoms with Crippen molar-refractivity contribution in [3.05, 3.63) is 35.9 Å². The van der Waals surface area contributed by atoms with Crippen LogP contribution in [0, 0.1) is 11.8 Å². The third-order valence-corrected chi connectivity index (χ3v) is 3.45. The highest BCUT2D eigenvalue weighted by Gasteiger charge is 2.33. The number of benzene rings is 1. The summed E-state index contributed by atoms with van der Waals surface area (Å²) in [6.45, 7) is 0. The van der Waals surface area contributed by atoms with Gasteiger partial charge >= 0.3 is 5.97 Å². The van der Waals surface area contributed by atoms with Gasteiger partial charge in [-0.3, -0.25) is 9.59 Å². The minimum atomic E-state index is -0.765. The Hall–Kier alpha value is -1.64. The highest BCUT2D eigenvalue weighted by molar-refractivity contribution is 5.82. The molecule has 1 saturated carbocycles. The molecule has 0 unspecified atom stereocenters. The second kappa shape index (κ2) is 5.13. The van der Waals surface area contributed by atoms with Gasteiger partial charge in [0.15, 0.2) is 0 Å². The van der Waals surface area contributed by atoms with Crippen molar-refractivity contribution in [2.75, 3.05) is 0 Å². The quantitative estimate of drug-likeness (QED) is 0.870. The van der Waals surface area contributed by atoms with Gasteiger partial charge < -0.3 is 5.11 Å². The minimum Gasteiger partial charge on any atom is -0.481 e. The van der Waals surface area contributed by atoms with E-state index in [4.69, 9.17) is 5.11 Å². The smallest absolute Gasteiger partial charge is 0.306 e. The van der Waals surface area contributed by atoms with Crippen molar-refractivity contribution in [2.45, 2.75) is 25.7 Å². The summed E-state index contributed by atoms with van der Waals surface area (Å²) in [6, 6.07) is 9.78. The first-order chi connectivity index (χ1) is 8.16. The lowest BCUT2D eigenvalue weighted by molar-refractivity contribution is -0.145. The summed E-state index contributed by atoms with van der Waals surface area (Å²) in [5.41, 5.74) is 1.11. The summed E-state index contributed by atoms with van der Waals surface area (Å²) in [6.07, 6.45) is 2.00. The van der Waals surface area contributed by atoms with Crippen LogP contribution in [0.4, 0.5) is 0 Å². The van der Waals surface area contributed by atoms with E-state index >= 15 is 0 Å². The Morgan fingerprint density at radius 1 is 1.29 bits per heavy atom. The molecule has 0 bridgehead atoms. The molecule has 0 aliphatic heterocycles. The Labute approximate surface area is 100 Å². The van der Waals surface area contributed by atoms with Crippen LogP contribution in [0.5, 0.6) is 0 Å². The lowest BCUT2D eigenvalue weighted by atomic mass is 9.75. The van der Waals surface area contributed by atoms with E-state index in [-0.39, 0.29) is 17.6 Å². The molecule has 3 heteroatoms. The summed E-state index contributed by atoms with van der Waals surface area (Å²) in [4.78, 5) is 22.6. The van der Waals surface area contributed by atoms with E-state index in [1.807, 2.05) is 30.3 Å². The van der Waals surface area contributed by atoms with E-state index in [0.717, 1.165) is 5.56 Å². The molecule has 0 heterocycles. The van der Waals surface area contributed by atoms with Gasteiger partial charge in [0.05, 0.1) is 5.92 Å². The van der Waals surface area contributed by atoms with Crippen LogP contribution in [0.15, 0.2) is 30.3 Å². The normalized spacial score (nSPS) is 24.6. The molecule has 1 aromatic carbocycles. The Morgan fingerprint density at radius 3 is 2.65 bits per heavy atom. The molecule has 0 amide bonds. The maximum Gasteiger partial charge on any atom is 0.306 e. The first-order valence-electron chi connectivity index (χ1n) is 5.95. The van der Waals surface area contributed by atoms with E-state index in [1.54, 1.807) is 0 Å². The topological polar surface area (TPSA) is 54.4 Å². The summed E-state index contributed by atoms with van der Waals surface area (Å²) in [7, 11) is 0. The van der Waals surface area contributed by atoms with Gasteiger partial charge in [-0.2, -0.15) is 0 Å². The standard InChI is InChI=1S/C14H16O3/c15-12-6-7-13(14(16)17)11(9-12)8-10-4-2-1-3-5-10/h1-5,11,13H,6-9H2,(H,16,17)/t11-,13+/m1/s1. The predicted molar refractivity (Wildman–Crippen MR) is 63.6 cm³/mol. The van der Waals surface area contributed by atoms with Crippen LogP contribution in [0.1, 0.15) is 24.8 Å².